The molecule has 1 unspecified atom stereocenters. The van der Waals surface area contributed by atoms with Crippen LogP contribution in [0.3, 0.4) is 0 Å². The third-order valence-corrected chi connectivity index (χ3v) is 3.25. The van der Waals surface area contributed by atoms with Crippen LogP contribution in [0.4, 0.5) is 0 Å². The molecule has 1 rings (SSSR count). The predicted octanol–water partition coefficient (Wildman–Crippen LogP) is 3.10. The zero-order valence-corrected chi connectivity index (χ0v) is 12.3. The van der Waals surface area contributed by atoms with Gasteiger partial charge in [-0.15, -0.1) is 0 Å². The Kier molecular flexibility index (Phi) is 4.94. The van der Waals surface area contributed by atoms with E-state index < -0.39 is 5.60 Å². The largest absolute Gasteiger partial charge is 0.389 e. The Morgan fingerprint density at radius 3 is 2.17 bits per heavy atom. The lowest BCUT2D eigenvalue weighted by atomic mass is 9.79. The molecule has 0 aliphatic heterocycles. The summed E-state index contributed by atoms with van der Waals surface area (Å²) in [7, 11) is 0. The van der Waals surface area contributed by atoms with E-state index in [0.717, 1.165) is 6.42 Å². The van der Waals surface area contributed by atoms with Crippen molar-refractivity contribution in [1.82, 2.24) is 5.32 Å². The zero-order valence-electron chi connectivity index (χ0n) is 12.3. The lowest BCUT2D eigenvalue weighted by Crippen LogP contribution is -2.41. The normalized spacial score (nSPS) is 14.6. The molecule has 0 aliphatic rings. The van der Waals surface area contributed by atoms with Gasteiger partial charge in [0.2, 0.25) is 0 Å². The minimum Gasteiger partial charge on any atom is -0.389 e. The average Bonchev–Trinajstić information content (AvgIpc) is 2.26. The molecule has 0 bridgehead atoms. The number of rotatable bonds is 6. The van der Waals surface area contributed by atoms with Gasteiger partial charge in [-0.1, -0.05) is 44.2 Å². The van der Waals surface area contributed by atoms with E-state index in [0.29, 0.717) is 12.6 Å². The minimum absolute atomic E-state index is 0.146. The average molecular weight is 249 g/mol. The smallest absolute Gasteiger partial charge is 0.0715 e. The van der Waals surface area contributed by atoms with Crippen LogP contribution in [-0.2, 0) is 5.41 Å². The van der Waals surface area contributed by atoms with E-state index >= 15 is 0 Å². The van der Waals surface area contributed by atoms with Crippen LogP contribution in [0.25, 0.3) is 0 Å². The van der Waals surface area contributed by atoms with Crippen LogP contribution >= 0.6 is 0 Å². The second-order valence-electron chi connectivity index (χ2n) is 6.55. The number of nitrogens with one attached hydrogen (secondary N) is 1. The van der Waals surface area contributed by atoms with Gasteiger partial charge in [-0.2, -0.15) is 0 Å². The molecule has 0 amide bonds. The Labute approximate surface area is 111 Å². The van der Waals surface area contributed by atoms with E-state index in [9.17, 15) is 5.11 Å². The van der Waals surface area contributed by atoms with Gasteiger partial charge < -0.3 is 10.4 Å². The van der Waals surface area contributed by atoms with E-state index in [4.69, 9.17) is 0 Å². The van der Waals surface area contributed by atoms with Crippen molar-refractivity contribution in [3.63, 3.8) is 0 Å². The molecule has 0 radical (unpaired) electrons. The molecular formula is C16H27NO. The van der Waals surface area contributed by atoms with Crippen molar-refractivity contribution in [2.45, 2.75) is 58.1 Å². The minimum atomic E-state index is -0.648. The maximum atomic E-state index is 9.72. The second kappa shape index (κ2) is 5.85. The van der Waals surface area contributed by atoms with Crippen molar-refractivity contribution in [2.24, 2.45) is 0 Å². The first kappa shape index (κ1) is 15.2. The van der Waals surface area contributed by atoms with Gasteiger partial charge in [-0.25, -0.2) is 0 Å². The highest BCUT2D eigenvalue weighted by Crippen LogP contribution is 2.28. The van der Waals surface area contributed by atoms with Gasteiger partial charge in [0.15, 0.2) is 0 Å². The Bertz CT molecular complexity index is 351. The van der Waals surface area contributed by atoms with Crippen molar-refractivity contribution >= 4 is 0 Å². The number of benzene rings is 1. The molecule has 0 heterocycles. The van der Waals surface area contributed by atoms with Crippen LogP contribution < -0.4 is 5.32 Å². The zero-order chi connectivity index (χ0) is 13.8. The quantitative estimate of drug-likeness (QED) is 0.812. The van der Waals surface area contributed by atoms with Crippen molar-refractivity contribution < 1.29 is 5.11 Å². The van der Waals surface area contributed by atoms with Gasteiger partial charge in [0.25, 0.3) is 0 Å². The first-order valence-electron chi connectivity index (χ1n) is 6.72. The standard InChI is InChI=1S/C16H27NO/c1-13(17-12-16(4,5)18)11-15(2,3)14-9-7-6-8-10-14/h6-10,13,17-18H,11-12H2,1-5H3. The molecule has 0 saturated heterocycles. The van der Waals surface area contributed by atoms with Gasteiger partial charge in [-0.05, 0) is 38.2 Å². The van der Waals surface area contributed by atoms with Crippen molar-refractivity contribution in [3.05, 3.63) is 35.9 Å². The van der Waals surface area contributed by atoms with Crippen LogP contribution in [0.15, 0.2) is 30.3 Å². The molecule has 1 aromatic carbocycles. The Balaban J connectivity index is 2.55. The second-order valence-corrected chi connectivity index (χ2v) is 6.55. The molecular weight excluding hydrogens is 222 g/mol. The fraction of sp³-hybridized carbons (Fsp3) is 0.625. The molecule has 1 aromatic rings. The number of aliphatic hydroxyl groups is 1. The molecule has 0 spiro atoms. The summed E-state index contributed by atoms with van der Waals surface area (Å²) in [6.07, 6.45) is 1.05. The van der Waals surface area contributed by atoms with Crippen LogP contribution in [0.5, 0.6) is 0 Å². The first-order valence-corrected chi connectivity index (χ1v) is 6.72. The summed E-state index contributed by atoms with van der Waals surface area (Å²) in [6.45, 7) is 11.0. The summed E-state index contributed by atoms with van der Waals surface area (Å²) in [6, 6.07) is 11.0. The van der Waals surface area contributed by atoms with Crippen LogP contribution in [0.2, 0.25) is 0 Å². The molecule has 2 heteroatoms. The van der Waals surface area contributed by atoms with Crippen molar-refractivity contribution in [2.75, 3.05) is 6.54 Å². The molecule has 0 saturated carbocycles. The summed E-state index contributed by atoms with van der Waals surface area (Å²) in [5, 5.41) is 13.1. The van der Waals surface area contributed by atoms with Crippen LogP contribution in [0.1, 0.15) is 46.6 Å². The lowest BCUT2D eigenvalue weighted by molar-refractivity contribution is 0.0758. The monoisotopic (exact) mass is 249 g/mol. The lowest BCUT2D eigenvalue weighted by Gasteiger charge is -2.30. The molecule has 2 nitrogen and oxygen atoms in total. The summed E-state index contributed by atoms with van der Waals surface area (Å²) in [4.78, 5) is 0. The molecule has 2 N–H and O–H groups in total. The van der Waals surface area contributed by atoms with E-state index in [1.54, 1.807) is 0 Å². The summed E-state index contributed by atoms with van der Waals surface area (Å²) in [5.41, 5.74) is 0.861. The third kappa shape index (κ3) is 5.19. The van der Waals surface area contributed by atoms with Gasteiger partial charge in [0, 0.05) is 12.6 Å². The van der Waals surface area contributed by atoms with Crippen molar-refractivity contribution in [3.8, 4) is 0 Å². The van der Waals surface area contributed by atoms with E-state index in [-0.39, 0.29) is 5.41 Å². The molecule has 0 aromatic heterocycles. The summed E-state index contributed by atoms with van der Waals surface area (Å²) in [5.74, 6) is 0. The number of hydrogen-bond acceptors (Lipinski definition) is 2. The van der Waals surface area contributed by atoms with E-state index in [2.05, 4.69) is 56.4 Å². The molecule has 0 aliphatic carbocycles. The van der Waals surface area contributed by atoms with Crippen LogP contribution in [-0.4, -0.2) is 23.3 Å². The van der Waals surface area contributed by atoms with Gasteiger partial charge in [0.05, 0.1) is 5.60 Å². The Hall–Kier alpha value is -0.860. The summed E-state index contributed by atoms with van der Waals surface area (Å²) < 4.78 is 0. The highest BCUT2D eigenvalue weighted by Gasteiger charge is 2.24. The maximum Gasteiger partial charge on any atom is 0.0715 e. The van der Waals surface area contributed by atoms with E-state index in [1.807, 2.05) is 13.8 Å². The van der Waals surface area contributed by atoms with Gasteiger partial charge >= 0.3 is 0 Å². The molecule has 18 heavy (non-hydrogen) atoms. The first-order chi connectivity index (χ1) is 8.21. The molecule has 0 fully saturated rings. The SMILES string of the molecule is CC(CC(C)(C)c1ccccc1)NCC(C)(C)O. The highest BCUT2D eigenvalue weighted by molar-refractivity contribution is 5.23. The topological polar surface area (TPSA) is 32.3 Å². The fourth-order valence-electron chi connectivity index (χ4n) is 2.27. The Morgan fingerprint density at radius 1 is 1.11 bits per heavy atom. The van der Waals surface area contributed by atoms with Crippen LogP contribution in [0, 0.1) is 0 Å². The fourth-order valence-corrected chi connectivity index (χ4v) is 2.27. The maximum absolute atomic E-state index is 9.72. The third-order valence-electron chi connectivity index (χ3n) is 3.25. The highest BCUT2D eigenvalue weighted by atomic mass is 16.3. The summed E-state index contributed by atoms with van der Waals surface area (Å²) >= 11 is 0. The molecule has 102 valence electrons. The predicted molar refractivity (Wildman–Crippen MR) is 77.8 cm³/mol. The van der Waals surface area contributed by atoms with Crippen molar-refractivity contribution in [1.29, 1.82) is 0 Å². The Morgan fingerprint density at radius 2 is 1.67 bits per heavy atom. The number of hydrogen-bond donors (Lipinski definition) is 2. The van der Waals surface area contributed by atoms with Gasteiger partial charge in [-0.3, -0.25) is 0 Å². The van der Waals surface area contributed by atoms with Gasteiger partial charge in [0.1, 0.15) is 0 Å². The van der Waals surface area contributed by atoms with E-state index in [1.165, 1.54) is 5.56 Å². The molecule has 1 atom stereocenters.